The zero-order valence-corrected chi connectivity index (χ0v) is 46.1. The first kappa shape index (κ1) is 70.9. The number of hydrogen-bond acceptors (Lipinski definition) is 9. The summed E-state index contributed by atoms with van der Waals surface area (Å²) >= 11 is 0. The van der Waals surface area contributed by atoms with Gasteiger partial charge in [0.15, 0.2) is 6.29 Å². The molecule has 0 aromatic carbocycles. The molecule has 0 unspecified atom stereocenters. The van der Waals surface area contributed by atoms with E-state index in [-0.39, 0.29) is 16.8 Å². The molecule has 3 N–H and O–H groups in total. The Balaban J connectivity index is -0.000000109. The summed E-state index contributed by atoms with van der Waals surface area (Å²) in [5, 5.41) is 25.2. The van der Waals surface area contributed by atoms with Gasteiger partial charge in [0.2, 0.25) is 0 Å². The first-order valence-corrected chi connectivity index (χ1v) is 26.0. The number of aromatic nitrogens is 1. The Labute approximate surface area is 376 Å². The number of carboxylic acid groups (broad SMARTS) is 1. The number of unbranched alkanes of at least 4 members (excludes halogenated alkanes) is 9. The van der Waals surface area contributed by atoms with Crippen LogP contribution < -0.4 is 0 Å². The third kappa shape index (κ3) is 69.0. The predicted molar refractivity (Wildman–Crippen MR) is 260 cm³/mol. The van der Waals surface area contributed by atoms with Gasteiger partial charge in [0.25, 0.3) is 0 Å². The molecule has 0 spiro atoms. The van der Waals surface area contributed by atoms with Crippen LogP contribution in [0.25, 0.3) is 0 Å². The van der Waals surface area contributed by atoms with Crippen LogP contribution in [-0.4, -0.2) is 108 Å². The maximum absolute atomic E-state index is 10.0. The topological polar surface area (TPSA) is 143 Å². The zero-order chi connectivity index (χ0) is 45.0. The molecule has 0 aliphatic heterocycles. The summed E-state index contributed by atoms with van der Waals surface area (Å²) in [6.07, 6.45) is 20.0. The Morgan fingerprint density at radius 1 is 0.776 bits per heavy atom. The largest absolute Gasteiger partial charge is 0.484 e. The van der Waals surface area contributed by atoms with E-state index in [1.54, 1.807) is 20.2 Å². The van der Waals surface area contributed by atoms with Crippen molar-refractivity contribution in [3.05, 3.63) is 54.4 Å². The minimum Gasteiger partial charge on any atom is -0.481 e. The van der Waals surface area contributed by atoms with Crippen LogP contribution in [0.15, 0.2) is 53.0 Å². The molecule has 1 radical (unpaired) electrons. The van der Waals surface area contributed by atoms with Crippen molar-refractivity contribution in [2.75, 3.05) is 33.9 Å². The quantitative estimate of drug-likeness (QED) is 0.0325. The Morgan fingerprint density at radius 2 is 1.17 bits per heavy atom. The van der Waals surface area contributed by atoms with Crippen molar-refractivity contribution in [1.29, 1.82) is 0 Å². The van der Waals surface area contributed by atoms with Crippen molar-refractivity contribution in [2.24, 2.45) is 9.98 Å². The van der Waals surface area contributed by atoms with Crippen LogP contribution in [-0.2, 0) is 34.9 Å². The number of aliphatic carboxylic acids is 1. The van der Waals surface area contributed by atoms with Crippen LogP contribution in [0.4, 0.5) is 0 Å². The Kier molecular flexibility index (Phi) is 78.9. The fraction of sp³-hybridized carbons (Fsp3) is 0.727. The van der Waals surface area contributed by atoms with Crippen LogP contribution in [0.1, 0.15) is 171 Å². The Hall–Kier alpha value is -1.60. The standard InChI is InChI=1S/C11H15N3.C8H18O2.C8H16O2.C6H16O3Si.C4H12Si.C4H10Si.C3H6.Co/c1-8(12-3)10-6-5-7-11(14-10)9(2)13-4;2*1-2-3-4-5-6-7-8(9)10;1-4-7-10(8-5-2)9-6-3;2*1-2-3-4-5;1-3-2;/h5-7H,1-4H3;8-10H,2-7H2,1H3;2-7H2,1H3,(H,9,10);10H,4-6H2,1-3H3;2-4H2,1,5H3;2-3H,4H2,1,5H3;3H,1H2,2H3;. The van der Waals surface area contributed by atoms with E-state index in [1.165, 1.54) is 83.9 Å². The van der Waals surface area contributed by atoms with Crippen molar-refractivity contribution in [3.63, 3.8) is 0 Å². The second kappa shape index (κ2) is 64.5. The van der Waals surface area contributed by atoms with E-state index in [0.717, 1.165) is 48.5 Å². The number of hydrogen-bond donors (Lipinski definition) is 3. The molecule has 0 bridgehead atoms. The number of aliphatic hydroxyl groups excluding tert-OH is 1. The minimum absolute atomic E-state index is 0. The van der Waals surface area contributed by atoms with Crippen LogP contribution in [0, 0.1) is 0 Å². The van der Waals surface area contributed by atoms with Crippen molar-refractivity contribution in [1.82, 2.24) is 4.98 Å². The summed E-state index contributed by atoms with van der Waals surface area (Å²) in [6, 6.07) is 8.66. The van der Waals surface area contributed by atoms with Gasteiger partial charge in [-0.25, -0.2) is 4.98 Å². The summed E-state index contributed by atoms with van der Waals surface area (Å²) in [6.45, 7) is 25.6. The minimum atomic E-state index is -1.73. The molecule has 0 aliphatic carbocycles. The molecule has 0 saturated carbocycles. The van der Waals surface area contributed by atoms with Crippen LogP contribution in [0.3, 0.4) is 0 Å². The van der Waals surface area contributed by atoms with Gasteiger partial charge in [-0.3, -0.25) is 14.8 Å². The van der Waals surface area contributed by atoms with Gasteiger partial charge >= 0.3 is 15.5 Å². The molecule has 0 amide bonds. The molecule has 14 heteroatoms. The van der Waals surface area contributed by atoms with Gasteiger partial charge in [0.05, 0.1) is 22.8 Å². The molecule has 1 aromatic rings. The van der Waals surface area contributed by atoms with Gasteiger partial charge in [0.1, 0.15) is 0 Å². The van der Waals surface area contributed by atoms with Gasteiger partial charge in [-0.2, -0.15) is 0 Å². The second-order valence-electron chi connectivity index (χ2n) is 12.7. The van der Waals surface area contributed by atoms with Crippen LogP contribution in [0.2, 0.25) is 12.1 Å². The van der Waals surface area contributed by atoms with Crippen molar-refractivity contribution < 1.29 is 50.2 Å². The molecule has 347 valence electrons. The van der Waals surface area contributed by atoms with E-state index in [2.05, 4.69) is 61.4 Å². The summed E-state index contributed by atoms with van der Waals surface area (Å²) < 4.78 is 15.7. The maximum atomic E-state index is 10.0. The summed E-state index contributed by atoms with van der Waals surface area (Å²) in [4.78, 5) is 22.7. The van der Waals surface area contributed by atoms with E-state index in [4.69, 9.17) is 28.6 Å². The van der Waals surface area contributed by atoms with E-state index in [0.29, 0.717) is 32.7 Å². The molecular weight excluding hydrogens is 826 g/mol. The number of pyridine rings is 1. The summed E-state index contributed by atoms with van der Waals surface area (Å²) in [7, 11) is 4.51. The van der Waals surface area contributed by atoms with Gasteiger partial charge in [0, 0.05) is 77.6 Å². The maximum Gasteiger partial charge on any atom is 0.484 e. The fourth-order valence-electron chi connectivity index (χ4n) is 4.02. The monoisotopic (exact) mass is 919 g/mol. The average Bonchev–Trinajstić information content (AvgIpc) is 3.19. The molecule has 58 heavy (non-hydrogen) atoms. The van der Waals surface area contributed by atoms with Gasteiger partial charge in [-0.15, -0.1) is 6.58 Å². The van der Waals surface area contributed by atoms with Crippen LogP contribution >= 0.6 is 0 Å². The van der Waals surface area contributed by atoms with Gasteiger partial charge < -0.3 is 28.6 Å². The molecule has 0 fully saturated rings. The van der Waals surface area contributed by atoms with Gasteiger partial charge in [-0.05, 0) is 85.9 Å². The average molecular weight is 919 g/mol. The van der Waals surface area contributed by atoms with E-state index >= 15 is 0 Å². The molecule has 0 saturated heterocycles. The summed E-state index contributed by atoms with van der Waals surface area (Å²) in [5.74, 6) is -0.670. The third-order valence-electron chi connectivity index (χ3n) is 7.31. The zero-order valence-electron chi connectivity index (χ0n) is 39.9. The molecule has 1 rings (SSSR count). The first-order valence-electron chi connectivity index (χ1n) is 21.8. The number of rotatable bonds is 23. The van der Waals surface area contributed by atoms with Crippen molar-refractivity contribution in [2.45, 2.75) is 178 Å². The normalized spacial score (nSPS) is 10.5. The van der Waals surface area contributed by atoms with Crippen molar-refractivity contribution in [3.8, 4) is 0 Å². The number of nitrogens with zero attached hydrogens (tertiary/aromatic N) is 3. The third-order valence-corrected chi connectivity index (χ3v) is 10.3. The number of aliphatic imine (C=N–C) groups is 2. The van der Waals surface area contributed by atoms with Crippen LogP contribution in [0.5, 0.6) is 0 Å². The molecule has 0 atom stereocenters. The first-order chi connectivity index (χ1) is 27.3. The van der Waals surface area contributed by atoms with Crippen molar-refractivity contribution >= 4 is 47.4 Å². The number of carbonyl (C=O) groups is 1. The molecular formula is C44H93CoN3O7Si3. The number of allylic oxidation sites excluding steroid dienone is 3. The SMILES string of the molecule is C=CC.CC=CC[SiH3].CCCCCCCC(=O)O.CCCCCCCC(O)O.CCCC[SiH3].CCO[SiH](OCC)OCC.CN=C(C)c1cccc(C(C)=NC)n1.[Co]. The van der Waals surface area contributed by atoms with E-state index < -0.39 is 21.8 Å². The van der Waals surface area contributed by atoms with E-state index in [9.17, 15) is 4.79 Å². The van der Waals surface area contributed by atoms with Gasteiger partial charge in [-0.1, -0.05) is 115 Å². The molecule has 0 aliphatic rings. The Morgan fingerprint density at radius 3 is 1.43 bits per heavy atom. The number of aliphatic hydroxyl groups is 2. The predicted octanol–water partition coefficient (Wildman–Crippen LogP) is 8.97. The Bertz CT molecular complexity index is 988. The molecule has 10 nitrogen and oxygen atoms in total. The number of carboxylic acids is 1. The fourth-order valence-corrected chi connectivity index (χ4v) is 6.30. The smallest absolute Gasteiger partial charge is 0.481 e. The molecule has 1 heterocycles. The summed E-state index contributed by atoms with van der Waals surface area (Å²) in [5.41, 5.74) is 3.70. The second-order valence-corrected chi connectivity index (χ2v) is 16.1. The molecule has 1 aromatic heterocycles. The van der Waals surface area contributed by atoms with E-state index in [1.807, 2.05) is 59.7 Å².